The predicted molar refractivity (Wildman–Crippen MR) is 85.6 cm³/mol. The summed E-state index contributed by atoms with van der Waals surface area (Å²) in [6.45, 7) is 2.09. The third-order valence-corrected chi connectivity index (χ3v) is 4.36. The summed E-state index contributed by atoms with van der Waals surface area (Å²) in [4.78, 5) is 0. The van der Waals surface area contributed by atoms with E-state index in [1.165, 1.54) is 11.1 Å². The van der Waals surface area contributed by atoms with E-state index >= 15 is 0 Å². The van der Waals surface area contributed by atoms with Crippen LogP contribution < -0.4 is 16.0 Å². The molecule has 0 amide bonds. The minimum Gasteiger partial charge on any atom is -0.496 e. The Morgan fingerprint density at radius 2 is 1.95 bits per heavy atom. The molecular formula is C16H19BrN2O. The van der Waals surface area contributed by atoms with Crippen molar-refractivity contribution in [3.05, 3.63) is 63.6 Å². The standard InChI is InChI=1S/C16H19BrN2O/c1-11-13(7-5-8-14(11)17)15(19-18)10-12-6-3-4-9-16(12)20-2/h3-9,15,19H,10,18H2,1-2H3. The fraction of sp³-hybridized carbons (Fsp3) is 0.250. The van der Waals surface area contributed by atoms with Gasteiger partial charge in [0.25, 0.3) is 0 Å². The highest BCUT2D eigenvalue weighted by atomic mass is 79.9. The van der Waals surface area contributed by atoms with E-state index in [1.807, 2.05) is 30.3 Å². The lowest BCUT2D eigenvalue weighted by atomic mass is 9.95. The zero-order valence-electron chi connectivity index (χ0n) is 11.7. The van der Waals surface area contributed by atoms with E-state index in [0.717, 1.165) is 22.2 Å². The number of methoxy groups -OCH3 is 1. The van der Waals surface area contributed by atoms with Crippen LogP contribution in [0.3, 0.4) is 0 Å². The molecule has 0 radical (unpaired) electrons. The van der Waals surface area contributed by atoms with Crippen LogP contribution >= 0.6 is 15.9 Å². The van der Waals surface area contributed by atoms with Crippen molar-refractivity contribution in [1.29, 1.82) is 0 Å². The largest absolute Gasteiger partial charge is 0.496 e. The Balaban J connectivity index is 2.31. The molecule has 3 nitrogen and oxygen atoms in total. The Morgan fingerprint density at radius 3 is 2.65 bits per heavy atom. The van der Waals surface area contributed by atoms with Crippen LogP contribution in [0.1, 0.15) is 22.7 Å². The number of hydrogen-bond acceptors (Lipinski definition) is 3. The van der Waals surface area contributed by atoms with E-state index in [1.54, 1.807) is 7.11 Å². The van der Waals surface area contributed by atoms with Gasteiger partial charge < -0.3 is 4.74 Å². The molecule has 0 aromatic heterocycles. The predicted octanol–water partition coefficient (Wildman–Crippen LogP) is 3.51. The van der Waals surface area contributed by atoms with Gasteiger partial charge >= 0.3 is 0 Å². The van der Waals surface area contributed by atoms with E-state index < -0.39 is 0 Å². The number of benzene rings is 2. The van der Waals surface area contributed by atoms with Crippen LogP contribution in [0.2, 0.25) is 0 Å². The van der Waals surface area contributed by atoms with Crippen molar-refractivity contribution in [1.82, 2.24) is 5.43 Å². The average Bonchev–Trinajstić information content (AvgIpc) is 2.48. The van der Waals surface area contributed by atoms with Crippen LogP contribution in [-0.4, -0.2) is 7.11 Å². The molecule has 0 saturated carbocycles. The van der Waals surface area contributed by atoms with Crippen LogP contribution in [0.5, 0.6) is 5.75 Å². The smallest absolute Gasteiger partial charge is 0.122 e. The summed E-state index contributed by atoms with van der Waals surface area (Å²) in [7, 11) is 1.69. The van der Waals surface area contributed by atoms with Crippen molar-refractivity contribution in [2.45, 2.75) is 19.4 Å². The maximum Gasteiger partial charge on any atom is 0.122 e. The van der Waals surface area contributed by atoms with Crippen molar-refractivity contribution >= 4 is 15.9 Å². The van der Waals surface area contributed by atoms with Gasteiger partial charge in [-0.1, -0.05) is 46.3 Å². The third kappa shape index (κ3) is 3.20. The van der Waals surface area contributed by atoms with Gasteiger partial charge in [0, 0.05) is 4.47 Å². The monoisotopic (exact) mass is 334 g/mol. The molecule has 20 heavy (non-hydrogen) atoms. The molecule has 3 N–H and O–H groups in total. The highest BCUT2D eigenvalue weighted by Gasteiger charge is 2.16. The highest BCUT2D eigenvalue weighted by Crippen LogP contribution is 2.29. The fourth-order valence-corrected chi connectivity index (χ4v) is 2.73. The molecule has 1 unspecified atom stereocenters. The van der Waals surface area contributed by atoms with E-state index in [2.05, 4.69) is 40.4 Å². The van der Waals surface area contributed by atoms with Gasteiger partial charge in [-0.05, 0) is 42.2 Å². The first kappa shape index (κ1) is 15.0. The maximum atomic E-state index is 5.76. The maximum absolute atomic E-state index is 5.76. The van der Waals surface area contributed by atoms with Crippen molar-refractivity contribution in [3.63, 3.8) is 0 Å². The molecule has 1 atom stereocenters. The van der Waals surface area contributed by atoms with E-state index in [9.17, 15) is 0 Å². The summed E-state index contributed by atoms with van der Waals surface area (Å²) in [5, 5.41) is 0. The summed E-state index contributed by atoms with van der Waals surface area (Å²) >= 11 is 3.56. The normalized spacial score (nSPS) is 12.2. The number of hydrazine groups is 1. The van der Waals surface area contributed by atoms with E-state index in [4.69, 9.17) is 10.6 Å². The molecule has 0 aliphatic rings. The van der Waals surface area contributed by atoms with Gasteiger partial charge in [0.05, 0.1) is 13.2 Å². The highest BCUT2D eigenvalue weighted by molar-refractivity contribution is 9.10. The number of halogens is 1. The van der Waals surface area contributed by atoms with Gasteiger partial charge in [-0.15, -0.1) is 0 Å². The fourth-order valence-electron chi connectivity index (χ4n) is 2.35. The molecule has 106 valence electrons. The molecule has 0 saturated heterocycles. The average molecular weight is 335 g/mol. The zero-order chi connectivity index (χ0) is 14.5. The molecule has 0 heterocycles. The van der Waals surface area contributed by atoms with Gasteiger partial charge in [-0.25, -0.2) is 0 Å². The first-order valence-electron chi connectivity index (χ1n) is 6.50. The SMILES string of the molecule is COc1ccccc1CC(NN)c1cccc(Br)c1C. The molecule has 0 aliphatic carbocycles. The minimum atomic E-state index is 0.0452. The molecule has 4 heteroatoms. The van der Waals surface area contributed by atoms with Crippen LogP contribution in [-0.2, 0) is 6.42 Å². The molecule has 0 bridgehead atoms. The summed E-state index contributed by atoms with van der Waals surface area (Å²) in [6.07, 6.45) is 0.776. The molecular weight excluding hydrogens is 316 g/mol. The topological polar surface area (TPSA) is 47.3 Å². The Labute approximate surface area is 128 Å². The van der Waals surface area contributed by atoms with Gasteiger partial charge in [0.2, 0.25) is 0 Å². The first-order chi connectivity index (χ1) is 9.67. The number of nitrogens with two attached hydrogens (primary N) is 1. The van der Waals surface area contributed by atoms with Gasteiger partial charge in [0.1, 0.15) is 5.75 Å². The quantitative estimate of drug-likeness (QED) is 0.649. The van der Waals surface area contributed by atoms with Crippen LogP contribution in [0, 0.1) is 6.92 Å². The zero-order valence-corrected chi connectivity index (χ0v) is 13.3. The van der Waals surface area contributed by atoms with Crippen LogP contribution in [0.15, 0.2) is 46.9 Å². The van der Waals surface area contributed by atoms with Crippen molar-refractivity contribution in [2.75, 3.05) is 7.11 Å². The minimum absolute atomic E-state index is 0.0452. The second kappa shape index (κ2) is 6.88. The Bertz CT molecular complexity index is 586. The summed E-state index contributed by atoms with van der Waals surface area (Å²) in [5.41, 5.74) is 6.43. The number of rotatable bonds is 5. The summed E-state index contributed by atoms with van der Waals surface area (Å²) in [6, 6.07) is 14.2. The second-order valence-corrected chi connectivity index (χ2v) is 5.54. The second-order valence-electron chi connectivity index (χ2n) is 4.69. The summed E-state index contributed by atoms with van der Waals surface area (Å²) < 4.78 is 6.50. The van der Waals surface area contributed by atoms with Crippen molar-refractivity contribution in [3.8, 4) is 5.75 Å². The van der Waals surface area contributed by atoms with Crippen molar-refractivity contribution in [2.24, 2.45) is 5.84 Å². The lowest BCUT2D eigenvalue weighted by Gasteiger charge is -2.20. The molecule has 2 aromatic rings. The lowest BCUT2D eigenvalue weighted by molar-refractivity contribution is 0.405. The molecule has 0 fully saturated rings. The van der Waals surface area contributed by atoms with Crippen molar-refractivity contribution < 1.29 is 4.74 Å². The number of nitrogens with one attached hydrogen (secondary N) is 1. The number of hydrogen-bond donors (Lipinski definition) is 2. The first-order valence-corrected chi connectivity index (χ1v) is 7.29. The van der Waals surface area contributed by atoms with Gasteiger partial charge in [-0.2, -0.15) is 0 Å². The summed E-state index contributed by atoms with van der Waals surface area (Å²) in [5.74, 6) is 6.65. The molecule has 2 aromatic carbocycles. The molecule has 2 rings (SSSR count). The van der Waals surface area contributed by atoms with E-state index in [0.29, 0.717) is 0 Å². The Morgan fingerprint density at radius 1 is 1.20 bits per heavy atom. The Hall–Kier alpha value is -1.36. The third-order valence-electron chi connectivity index (χ3n) is 3.50. The lowest BCUT2D eigenvalue weighted by Crippen LogP contribution is -2.30. The number of para-hydroxylation sites is 1. The van der Waals surface area contributed by atoms with Gasteiger partial charge in [0.15, 0.2) is 0 Å². The number of ether oxygens (including phenoxy) is 1. The van der Waals surface area contributed by atoms with Crippen LogP contribution in [0.4, 0.5) is 0 Å². The van der Waals surface area contributed by atoms with E-state index in [-0.39, 0.29) is 6.04 Å². The molecule has 0 spiro atoms. The Kier molecular flexibility index (Phi) is 5.17. The van der Waals surface area contributed by atoms with Gasteiger partial charge in [-0.3, -0.25) is 11.3 Å². The molecule has 0 aliphatic heterocycles. The van der Waals surface area contributed by atoms with Crippen LogP contribution in [0.25, 0.3) is 0 Å².